The van der Waals surface area contributed by atoms with Gasteiger partial charge in [0.05, 0.1) is 24.4 Å². The Hall–Kier alpha value is -2.08. The molecule has 0 spiro atoms. The molecule has 0 radical (unpaired) electrons. The Morgan fingerprint density at radius 3 is 2.37 bits per heavy atom. The minimum Gasteiger partial charge on any atom is -0.444 e. The largest absolute Gasteiger partial charge is 0.444 e. The van der Waals surface area contributed by atoms with Crippen LogP contribution in [0, 0.1) is 0 Å². The zero-order chi connectivity index (χ0) is 26.6. The molecule has 35 heavy (non-hydrogen) atoms. The maximum absolute atomic E-state index is 13.6. The van der Waals surface area contributed by atoms with Crippen LogP contribution in [0.1, 0.15) is 67.0 Å². The maximum Gasteiger partial charge on any atom is 0.411 e. The van der Waals surface area contributed by atoms with Crippen LogP contribution in [-0.4, -0.2) is 66.9 Å². The Bertz CT molecular complexity index is 949. The number of ether oxygens (including phenoxy) is 3. The summed E-state index contributed by atoms with van der Waals surface area (Å²) in [7, 11) is -2.14. The number of hydrogen-bond donors (Lipinski definition) is 3. The van der Waals surface area contributed by atoms with Gasteiger partial charge in [0.25, 0.3) is 0 Å². The fourth-order valence-electron chi connectivity index (χ4n) is 4.33. The number of amides is 2. The van der Waals surface area contributed by atoms with Gasteiger partial charge in [-0.25, -0.2) is 4.79 Å². The van der Waals surface area contributed by atoms with Crippen LogP contribution in [0.4, 0.5) is 16.3 Å². The first-order chi connectivity index (χ1) is 15.9. The number of carbonyl (C=O) groups is 2. The molecule has 2 amide bonds. The summed E-state index contributed by atoms with van der Waals surface area (Å²) in [5, 5.41) is 2.56. The predicted molar refractivity (Wildman–Crippen MR) is 136 cm³/mol. The van der Waals surface area contributed by atoms with Gasteiger partial charge in [-0.1, -0.05) is 20.8 Å². The first kappa shape index (κ1) is 27.5. The predicted octanol–water partition coefficient (Wildman–Crippen LogP) is 4.37. The van der Waals surface area contributed by atoms with Crippen molar-refractivity contribution < 1.29 is 28.2 Å². The summed E-state index contributed by atoms with van der Waals surface area (Å²) < 4.78 is 25.1. The average molecular weight is 511 g/mol. The lowest BCUT2D eigenvalue weighted by Gasteiger charge is -2.40. The zero-order valence-electron chi connectivity index (χ0n) is 22.6. The lowest BCUT2D eigenvalue weighted by atomic mass is 10.0. The molecule has 2 aliphatic rings. The summed E-state index contributed by atoms with van der Waals surface area (Å²) in [6.07, 6.45) is 0.767. The van der Waals surface area contributed by atoms with Gasteiger partial charge in [0.2, 0.25) is 6.41 Å². The Labute approximate surface area is 209 Å². The number of H-pyrrole nitrogens is 1. The van der Waals surface area contributed by atoms with Crippen LogP contribution in [0.5, 0.6) is 0 Å². The van der Waals surface area contributed by atoms with Gasteiger partial charge in [-0.2, -0.15) is 0 Å². The van der Waals surface area contributed by atoms with E-state index < -0.39 is 50.1 Å². The number of nitrogens with one attached hydrogen (secondary N) is 2. The number of nitrogens with zero attached hydrogens (tertiary/aromatic N) is 1. The lowest BCUT2D eigenvalue weighted by molar-refractivity contribution is -0.168. The number of nitrogens with two attached hydrogens (primary N) is 1. The highest BCUT2D eigenvalue weighted by Crippen LogP contribution is 2.50. The van der Waals surface area contributed by atoms with E-state index in [1.165, 1.54) is 0 Å². The number of aromatic amines is 1. The number of aromatic nitrogens is 1. The molecule has 2 saturated heterocycles. The Morgan fingerprint density at radius 2 is 1.83 bits per heavy atom. The molecule has 0 bridgehead atoms. The second-order valence-electron chi connectivity index (χ2n) is 12.3. The van der Waals surface area contributed by atoms with Gasteiger partial charge in [-0.3, -0.25) is 9.69 Å². The van der Waals surface area contributed by atoms with E-state index in [0.29, 0.717) is 23.5 Å². The van der Waals surface area contributed by atoms with E-state index in [1.54, 1.807) is 11.1 Å². The Balaban J connectivity index is 2.07. The Morgan fingerprint density at radius 1 is 1.23 bits per heavy atom. The van der Waals surface area contributed by atoms with Crippen LogP contribution in [-0.2, 0) is 23.4 Å². The standard InChI is InChI=1S/C24H42N4O6Si/c1-22(2,3)34-21(30)28-15(12-31-35(9,10)23(4,5)6)18-19(33-24(7,8)32-18)17(28)14-11-26-20(16(14)25)27-13-29/h11,13,15,17-19,26H,12,25H2,1-10H3,(H,27,29)/t15-,17+,18-,19+/m1/s1. The molecular formula is C24H42N4O6Si. The number of nitrogen functional groups attached to an aromatic ring is 1. The van der Waals surface area contributed by atoms with Crippen LogP contribution in [0.25, 0.3) is 0 Å². The van der Waals surface area contributed by atoms with Crippen LogP contribution in [0.15, 0.2) is 6.20 Å². The summed E-state index contributed by atoms with van der Waals surface area (Å²) >= 11 is 0. The van der Waals surface area contributed by atoms with Gasteiger partial charge in [0.15, 0.2) is 14.1 Å². The topological polar surface area (TPSA) is 128 Å². The fourth-order valence-corrected chi connectivity index (χ4v) is 5.35. The second kappa shape index (κ2) is 9.09. The van der Waals surface area contributed by atoms with Crippen molar-refractivity contribution in [3.8, 4) is 0 Å². The van der Waals surface area contributed by atoms with Crippen molar-refractivity contribution in [2.45, 2.75) is 109 Å². The molecule has 3 heterocycles. The summed E-state index contributed by atoms with van der Waals surface area (Å²) in [6.45, 7) is 20.3. The summed E-state index contributed by atoms with van der Waals surface area (Å²) in [5.41, 5.74) is 6.64. The summed E-state index contributed by atoms with van der Waals surface area (Å²) in [5.74, 6) is -0.493. The third-order valence-corrected chi connectivity index (χ3v) is 11.5. The Kier molecular flexibility index (Phi) is 7.15. The molecule has 2 aliphatic heterocycles. The molecule has 0 aromatic carbocycles. The quantitative estimate of drug-likeness (QED) is 0.383. The van der Waals surface area contributed by atoms with Crippen LogP contribution >= 0.6 is 0 Å². The molecule has 0 saturated carbocycles. The molecule has 198 valence electrons. The number of likely N-dealkylation sites (tertiary alicyclic amines) is 1. The van der Waals surface area contributed by atoms with Crippen molar-refractivity contribution >= 4 is 32.3 Å². The number of hydrogen-bond acceptors (Lipinski definition) is 7. The van der Waals surface area contributed by atoms with Crippen molar-refractivity contribution in [3.63, 3.8) is 0 Å². The normalized spacial score (nSPS) is 26.5. The first-order valence-corrected chi connectivity index (χ1v) is 15.0. The molecule has 0 unspecified atom stereocenters. The molecule has 1 aromatic rings. The monoisotopic (exact) mass is 510 g/mol. The molecular weight excluding hydrogens is 468 g/mol. The van der Waals surface area contributed by atoms with E-state index in [1.807, 2.05) is 34.6 Å². The summed E-state index contributed by atoms with van der Waals surface area (Å²) in [4.78, 5) is 29.3. The number of fused-ring (bicyclic) bond motifs is 1. The highest BCUT2D eigenvalue weighted by atomic mass is 28.4. The molecule has 4 atom stereocenters. The number of rotatable bonds is 6. The molecule has 10 nitrogen and oxygen atoms in total. The van der Waals surface area contributed by atoms with Crippen molar-refractivity contribution in [3.05, 3.63) is 11.8 Å². The lowest BCUT2D eigenvalue weighted by Crippen LogP contribution is -2.50. The first-order valence-electron chi connectivity index (χ1n) is 12.1. The smallest absolute Gasteiger partial charge is 0.411 e. The van der Waals surface area contributed by atoms with Gasteiger partial charge in [-0.05, 0) is 52.8 Å². The van der Waals surface area contributed by atoms with Gasteiger partial charge >= 0.3 is 6.09 Å². The summed E-state index contributed by atoms with van der Waals surface area (Å²) in [6, 6.07) is -1.07. The molecule has 11 heteroatoms. The maximum atomic E-state index is 13.6. The molecule has 3 rings (SSSR count). The van der Waals surface area contributed by atoms with Crippen LogP contribution < -0.4 is 11.1 Å². The van der Waals surface area contributed by atoms with Crippen LogP contribution in [0.3, 0.4) is 0 Å². The highest BCUT2D eigenvalue weighted by Gasteiger charge is 2.61. The van der Waals surface area contributed by atoms with Crippen molar-refractivity contribution in [1.29, 1.82) is 0 Å². The van der Waals surface area contributed by atoms with Gasteiger partial charge in [-0.15, -0.1) is 0 Å². The van der Waals surface area contributed by atoms with E-state index in [0.717, 1.165) is 0 Å². The van der Waals surface area contributed by atoms with E-state index in [2.05, 4.69) is 44.2 Å². The molecule has 0 aliphatic carbocycles. The van der Waals surface area contributed by atoms with Crippen molar-refractivity contribution in [2.24, 2.45) is 0 Å². The minimum absolute atomic E-state index is 0.00603. The van der Waals surface area contributed by atoms with Crippen LogP contribution in [0.2, 0.25) is 18.1 Å². The molecule has 4 N–H and O–H groups in total. The SMILES string of the molecule is CC(C)(C)OC(=O)N1[C@H](CO[Si](C)(C)C(C)(C)C)[C@H]2OC(C)(C)O[C@H]2[C@@H]1c1c[nH]c(NC=O)c1N. The van der Waals surface area contributed by atoms with Gasteiger partial charge in [0, 0.05) is 11.8 Å². The van der Waals surface area contributed by atoms with Crippen molar-refractivity contribution in [1.82, 2.24) is 9.88 Å². The fraction of sp³-hybridized carbons (Fsp3) is 0.750. The van der Waals surface area contributed by atoms with Crippen molar-refractivity contribution in [2.75, 3.05) is 17.7 Å². The highest BCUT2D eigenvalue weighted by molar-refractivity contribution is 6.74. The third kappa shape index (κ3) is 5.52. The number of anilines is 2. The van der Waals surface area contributed by atoms with E-state index in [9.17, 15) is 9.59 Å². The van der Waals surface area contributed by atoms with Gasteiger partial charge in [0.1, 0.15) is 23.6 Å². The molecule has 2 fully saturated rings. The average Bonchev–Trinajstić information content (AvgIpc) is 3.27. The number of carbonyl (C=O) groups excluding carboxylic acids is 2. The minimum atomic E-state index is -2.14. The second-order valence-corrected chi connectivity index (χ2v) is 17.1. The van der Waals surface area contributed by atoms with E-state index in [4.69, 9.17) is 24.4 Å². The zero-order valence-corrected chi connectivity index (χ0v) is 23.6. The van der Waals surface area contributed by atoms with E-state index >= 15 is 0 Å². The van der Waals surface area contributed by atoms with Gasteiger partial charge < -0.3 is 34.7 Å². The van der Waals surface area contributed by atoms with E-state index in [-0.39, 0.29) is 11.6 Å². The third-order valence-electron chi connectivity index (χ3n) is 7.01. The molecule has 1 aromatic heterocycles.